The molecule has 2 aliphatic rings. The predicted molar refractivity (Wildman–Crippen MR) is 170 cm³/mol. The van der Waals surface area contributed by atoms with Crippen molar-refractivity contribution in [2.24, 2.45) is 0 Å². The van der Waals surface area contributed by atoms with Crippen molar-refractivity contribution in [2.75, 3.05) is 45.1 Å². The van der Waals surface area contributed by atoms with Gasteiger partial charge in [-0.25, -0.2) is 13.6 Å². The number of rotatable bonds is 8. The summed E-state index contributed by atoms with van der Waals surface area (Å²) in [6, 6.07) is 5.51. The number of hydrogen-bond donors (Lipinski definition) is 1. The third-order valence-electron chi connectivity index (χ3n) is 8.14. The number of terminal acetylenes is 1. The van der Waals surface area contributed by atoms with E-state index in [0.717, 1.165) is 12.8 Å². The lowest BCUT2D eigenvalue weighted by atomic mass is 9.95. The quantitative estimate of drug-likeness (QED) is 0.206. The maximum Gasteiger partial charge on any atom is 0.410 e. The second kappa shape index (κ2) is 12.8. The average molecular weight is 648 g/mol. The van der Waals surface area contributed by atoms with Gasteiger partial charge in [-0.15, -0.1) is 6.42 Å². The van der Waals surface area contributed by atoms with Gasteiger partial charge in [0.15, 0.2) is 12.6 Å². The van der Waals surface area contributed by atoms with E-state index < -0.39 is 17.2 Å². The standard InChI is InChI=1S/C34H35F2N5O6/c1-6-23-26(35)10-7-19-13-22(46-18-44-5)14-24(27(19)23)29-28(36)30-25(15-37-29)31(39-32(38-30)45-12-11-42)40-16-20-8-9-21(17-40)41(20)33(43)47-34(2,3)4/h1,7,10,13-15,20-21,42H,8-9,11-12,16-18H2,2-5H3. The van der Waals surface area contributed by atoms with Crippen molar-refractivity contribution < 1.29 is 37.6 Å². The molecule has 0 spiro atoms. The van der Waals surface area contributed by atoms with E-state index in [4.69, 9.17) is 25.4 Å². The van der Waals surface area contributed by atoms with Gasteiger partial charge in [-0.2, -0.15) is 9.97 Å². The number of aliphatic hydroxyl groups excluding tert-OH is 1. The van der Waals surface area contributed by atoms with Crippen molar-refractivity contribution in [3.63, 3.8) is 0 Å². The molecule has 2 aliphatic heterocycles. The number of anilines is 1. The smallest absolute Gasteiger partial charge is 0.410 e. The van der Waals surface area contributed by atoms with E-state index in [2.05, 4.69) is 20.9 Å². The molecular formula is C34H35F2N5O6. The van der Waals surface area contributed by atoms with Crippen LogP contribution < -0.4 is 14.4 Å². The Balaban J connectivity index is 1.48. The topological polar surface area (TPSA) is 119 Å². The Hall–Kier alpha value is -4.80. The number of carbonyl (C=O) groups excluding carboxylic acids is 1. The highest BCUT2D eigenvalue weighted by atomic mass is 19.1. The zero-order valence-corrected chi connectivity index (χ0v) is 26.5. The minimum Gasteiger partial charge on any atom is -0.468 e. The molecule has 2 aromatic heterocycles. The van der Waals surface area contributed by atoms with Gasteiger partial charge in [-0.3, -0.25) is 9.88 Å². The van der Waals surface area contributed by atoms with Gasteiger partial charge in [-0.1, -0.05) is 12.0 Å². The Kier molecular flexibility index (Phi) is 8.74. The average Bonchev–Trinajstić information content (AvgIpc) is 3.31. The number of amides is 1. The number of halogens is 2. The highest BCUT2D eigenvalue weighted by Crippen LogP contribution is 2.40. The van der Waals surface area contributed by atoms with Gasteiger partial charge in [0.1, 0.15) is 40.8 Å². The van der Waals surface area contributed by atoms with E-state index in [-0.39, 0.29) is 71.9 Å². The van der Waals surface area contributed by atoms with E-state index in [0.29, 0.717) is 35.4 Å². The lowest BCUT2D eigenvalue weighted by molar-refractivity contribution is 0.0122. The predicted octanol–water partition coefficient (Wildman–Crippen LogP) is 5.05. The van der Waals surface area contributed by atoms with E-state index >= 15 is 4.39 Å². The second-order valence-corrected chi connectivity index (χ2v) is 12.4. The Labute approximate surface area is 270 Å². The molecule has 2 saturated heterocycles. The van der Waals surface area contributed by atoms with Gasteiger partial charge in [-0.05, 0) is 57.2 Å². The summed E-state index contributed by atoms with van der Waals surface area (Å²) in [5.74, 6) is 1.64. The normalized spacial score (nSPS) is 17.7. The van der Waals surface area contributed by atoms with Crippen LogP contribution in [0.2, 0.25) is 0 Å². The van der Waals surface area contributed by atoms with Crippen molar-refractivity contribution in [3.8, 4) is 35.4 Å². The van der Waals surface area contributed by atoms with Gasteiger partial charge in [0.25, 0.3) is 0 Å². The number of aliphatic hydroxyl groups is 1. The zero-order chi connectivity index (χ0) is 33.5. The van der Waals surface area contributed by atoms with Crippen LogP contribution in [-0.4, -0.2) is 88.9 Å². The molecule has 0 radical (unpaired) electrons. The van der Waals surface area contributed by atoms with Gasteiger partial charge in [0.05, 0.1) is 29.6 Å². The fourth-order valence-corrected chi connectivity index (χ4v) is 6.29. The summed E-state index contributed by atoms with van der Waals surface area (Å²) in [7, 11) is 1.47. The minimum atomic E-state index is -0.812. The number of ether oxygens (including phenoxy) is 4. The minimum absolute atomic E-state index is 0.0502. The number of carbonyl (C=O) groups is 1. The van der Waals surface area contributed by atoms with Crippen LogP contribution in [0.15, 0.2) is 30.5 Å². The molecule has 4 aromatic rings. The van der Waals surface area contributed by atoms with Gasteiger partial charge in [0.2, 0.25) is 0 Å². The molecule has 2 aromatic carbocycles. The molecule has 2 unspecified atom stereocenters. The van der Waals surface area contributed by atoms with E-state index in [1.807, 2.05) is 25.7 Å². The highest BCUT2D eigenvalue weighted by Gasteiger charge is 2.45. The maximum absolute atomic E-state index is 16.8. The van der Waals surface area contributed by atoms with Gasteiger partial charge < -0.3 is 29.0 Å². The number of aromatic nitrogens is 3. The molecule has 0 saturated carbocycles. The lowest BCUT2D eigenvalue weighted by Gasteiger charge is -2.42. The summed E-state index contributed by atoms with van der Waals surface area (Å²) in [5, 5.41) is 10.5. The monoisotopic (exact) mass is 647 g/mol. The summed E-state index contributed by atoms with van der Waals surface area (Å²) in [4.78, 5) is 30.3. The Morgan fingerprint density at radius 3 is 2.53 bits per heavy atom. The molecule has 1 amide bonds. The Bertz CT molecular complexity index is 1880. The summed E-state index contributed by atoms with van der Waals surface area (Å²) >= 11 is 0. The maximum atomic E-state index is 16.8. The summed E-state index contributed by atoms with van der Waals surface area (Å²) in [6.07, 6.45) is 8.36. The van der Waals surface area contributed by atoms with Crippen LogP contribution in [0.25, 0.3) is 32.9 Å². The summed E-state index contributed by atoms with van der Waals surface area (Å²) < 4.78 is 53.7. The largest absolute Gasteiger partial charge is 0.468 e. The first-order valence-corrected chi connectivity index (χ1v) is 15.2. The third kappa shape index (κ3) is 6.18. The molecule has 13 heteroatoms. The van der Waals surface area contributed by atoms with Crippen molar-refractivity contribution in [2.45, 2.75) is 51.3 Å². The van der Waals surface area contributed by atoms with Gasteiger partial charge >= 0.3 is 12.1 Å². The first-order chi connectivity index (χ1) is 22.5. The molecule has 2 bridgehead atoms. The van der Waals surface area contributed by atoms with Crippen LogP contribution >= 0.6 is 0 Å². The Morgan fingerprint density at radius 1 is 1.13 bits per heavy atom. The van der Waals surface area contributed by atoms with Crippen LogP contribution in [0.1, 0.15) is 39.2 Å². The van der Waals surface area contributed by atoms with E-state index in [9.17, 15) is 14.3 Å². The second-order valence-electron chi connectivity index (χ2n) is 12.4. The summed E-state index contributed by atoms with van der Waals surface area (Å²) in [5.41, 5.74) is -0.720. The summed E-state index contributed by atoms with van der Waals surface area (Å²) in [6.45, 7) is 5.82. The lowest BCUT2D eigenvalue weighted by Crippen LogP contribution is -2.57. The molecule has 2 atom stereocenters. The van der Waals surface area contributed by atoms with Crippen molar-refractivity contribution in [1.82, 2.24) is 19.9 Å². The van der Waals surface area contributed by atoms with E-state index in [1.165, 1.54) is 31.5 Å². The molecular weight excluding hydrogens is 612 g/mol. The number of methoxy groups -OCH3 is 1. The van der Waals surface area contributed by atoms with E-state index in [1.54, 1.807) is 11.0 Å². The molecule has 0 aliphatic carbocycles. The van der Waals surface area contributed by atoms with Crippen LogP contribution in [0.5, 0.6) is 11.8 Å². The SMILES string of the molecule is C#Cc1c(F)ccc2cc(OCOC)cc(-c3ncc4c(N5CC6CCC(C5)N6C(=O)OC(C)(C)C)nc(OCCO)nc4c3F)c12. The Morgan fingerprint density at radius 2 is 1.87 bits per heavy atom. The molecule has 47 heavy (non-hydrogen) atoms. The zero-order valence-electron chi connectivity index (χ0n) is 26.5. The van der Waals surface area contributed by atoms with Crippen molar-refractivity contribution >= 4 is 33.6 Å². The van der Waals surface area contributed by atoms with Crippen LogP contribution in [0.3, 0.4) is 0 Å². The number of nitrogens with zero attached hydrogens (tertiary/aromatic N) is 5. The number of pyridine rings is 1. The number of fused-ring (bicyclic) bond motifs is 4. The highest BCUT2D eigenvalue weighted by molar-refractivity contribution is 6.03. The number of hydrogen-bond acceptors (Lipinski definition) is 10. The molecule has 1 N–H and O–H groups in total. The van der Waals surface area contributed by atoms with Crippen molar-refractivity contribution in [1.29, 1.82) is 0 Å². The fourth-order valence-electron chi connectivity index (χ4n) is 6.29. The number of benzene rings is 2. The third-order valence-corrected chi connectivity index (χ3v) is 8.14. The first-order valence-electron chi connectivity index (χ1n) is 15.2. The molecule has 2 fully saturated rings. The molecule has 6 rings (SSSR count). The fraction of sp³-hybridized carbons (Fsp3) is 0.412. The van der Waals surface area contributed by atoms with Crippen LogP contribution in [0, 0.1) is 24.0 Å². The first kappa shape index (κ1) is 32.2. The molecule has 246 valence electrons. The van der Waals surface area contributed by atoms with Crippen molar-refractivity contribution in [3.05, 3.63) is 47.7 Å². The van der Waals surface area contributed by atoms with Crippen LogP contribution in [0.4, 0.5) is 19.4 Å². The molecule has 4 heterocycles. The van der Waals surface area contributed by atoms with Gasteiger partial charge in [0, 0.05) is 37.3 Å². The van der Waals surface area contributed by atoms with Crippen LogP contribution in [-0.2, 0) is 9.47 Å². The molecule has 11 nitrogen and oxygen atoms in total. The number of piperazine rings is 1.